The molecule has 7 heteroatoms. The smallest absolute Gasteiger partial charge is 0.214 e. The molecule has 0 fully saturated rings. The van der Waals surface area contributed by atoms with Gasteiger partial charge in [0, 0.05) is 27.6 Å². The van der Waals surface area contributed by atoms with E-state index in [0.717, 1.165) is 28.1 Å². The molecule has 0 bridgehead atoms. The quantitative estimate of drug-likeness (QED) is 0.435. The van der Waals surface area contributed by atoms with Crippen LogP contribution in [0, 0.1) is 0 Å². The van der Waals surface area contributed by atoms with E-state index in [1.165, 1.54) is 0 Å². The third-order valence-electron chi connectivity index (χ3n) is 4.75. The Kier molecular flexibility index (Phi) is 4.32. The lowest BCUT2D eigenvalue weighted by molar-refractivity contribution is -0.0189. The maximum atomic E-state index is 6.47. The predicted molar refractivity (Wildman–Crippen MR) is 111 cm³/mol. The summed E-state index contributed by atoms with van der Waals surface area (Å²) in [5.74, 6) is 0.662. The van der Waals surface area contributed by atoms with Crippen molar-refractivity contribution in [3.63, 3.8) is 0 Å². The van der Waals surface area contributed by atoms with Crippen molar-refractivity contribution >= 4 is 51.9 Å². The summed E-state index contributed by atoms with van der Waals surface area (Å²) in [4.78, 5) is 1.16. The number of halogens is 3. The molecule has 1 aromatic heterocycles. The predicted octanol–water partition coefficient (Wildman–Crippen LogP) is 6.95. The monoisotopic (exact) mass is 434 g/mol. The van der Waals surface area contributed by atoms with Crippen molar-refractivity contribution in [2.24, 2.45) is 5.10 Å². The van der Waals surface area contributed by atoms with Crippen molar-refractivity contribution in [1.29, 1.82) is 0 Å². The normalized spacial score (nSPS) is 20.7. The maximum Gasteiger partial charge on any atom is 0.214 e. The first-order valence-corrected chi connectivity index (χ1v) is 10.4. The average Bonchev–Trinajstić information content (AvgIpc) is 3.31. The fraction of sp³-hybridized carbons (Fsp3) is 0.150. The van der Waals surface area contributed by atoms with Crippen LogP contribution in [0.4, 0.5) is 0 Å². The van der Waals surface area contributed by atoms with Crippen molar-refractivity contribution < 1.29 is 4.74 Å². The van der Waals surface area contributed by atoms with E-state index in [9.17, 15) is 0 Å². The topological polar surface area (TPSA) is 24.8 Å². The minimum Gasteiger partial charge on any atom is -0.463 e. The molecule has 2 aromatic carbocycles. The Hall–Kier alpha value is -1.72. The lowest BCUT2D eigenvalue weighted by Gasteiger charge is -2.38. The number of nitrogens with zero attached hydrogens (tertiary/aromatic N) is 2. The van der Waals surface area contributed by atoms with Gasteiger partial charge in [-0.3, -0.25) is 0 Å². The summed E-state index contributed by atoms with van der Waals surface area (Å²) in [6.45, 7) is 0. The fourth-order valence-electron chi connectivity index (χ4n) is 3.59. The first kappa shape index (κ1) is 17.4. The summed E-state index contributed by atoms with van der Waals surface area (Å²) in [5.41, 5.74) is 2.93. The van der Waals surface area contributed by atoms with Crippen LogP contribution in [0.1, 0.15) is 34.7 Å². The highest BCUT2D eigenvalue weighted by Gasteiger charge is 2.42. The van der Waals surface area contributed by atoms with Crippen molar-refractivity contribution in [3.05, 3.63) is 85.0 Å². The van der Waals surface area contributed by atoms with E-state index < -0.39 is 6.23 Å². The summed E-state index contributed by atoms with van der Waals surface area (Å²) in [6, 6.07) is 15.4. The van der Waals surface area contributed by atoms with Gasteiger partial charge in [0.2, 0.25) is 6.23 Å². The molecular weight excluding hydrogens is 423 g/mol. The Morgan fingerprint density at radius 3 is 2.70 bits per heavy atom. The molecule has 0 unspecified atom stereocenters. The van der Waals surface area contributed by atoms with Gasteiger partial charge in [-0.1, -0.05) is 53.0 Å². The van der Waals surface area contributed by atoms with Crippen LogP contribution in [0.15, 0.2) is 59.0 Å². The number of thiophene rings is 1. The molecule has 0 saturated carbocycles. The van der Waals surface area contributed by atoms with Crippen molar-refractivity contribution in [1.82, 2.24) is 5.01 Å². The third-order valence-corrected chi connectivity index (χ3v) is 6.40. The van der Waals surface area contributed by atoms with Gasteiger partial charge in [-0.2, -0.15) is 5.10 Å². The molecule has 0 radical (unpaired) electrons. The lowest BCUT2D eigenvalue weighted by atomic mass is 9.97. The summed E-state index contributed by atoms with van der Waals surface area (Å²) in [6.07, 6.45) is 0.363. The van der Waals surface area contributed by atoms with Gasteiger partial charge in [-0.05, 0) is 35.7 Å². The molecule has 0 spiro atoms. The Bertz CT molecular complexity index is 1050. The molecule has 0 aliphatic carbocycles. The van der Waals surface area contributed by atoms with Gasteiger partial charge in [0.15, 0.2) is 0 Å². The Labute approximate surface area is 175 Å². The number of hydrazone groups is 1. The third kappa shape index (κ3) is 3.01. The van der Waals surface area contributed by atoms with Crippen molar-refractivity contribution in [2.45, 2.75) is 18.7 Å². The Balaban J connectivity index is 1.65. The minimum atomic E-state index is -0.405. The van der Waals surface area contributed by atoms with Crippen LogP contribution in [0.5, 0.6) is 5.75 Å². The summed E-state index contributed by atoms with van der Waals surface area (Å²) < 4.78 is 6.31. The molecule has 2 atom stereocenters. The Morgan fingerprint density at radius 2 is 1.93 bits per heavy atom. The maximum absolute atomic E-state index is 6.47. The lowest BCUT2D eigenvalue weighted by Crippen LogP contribution is -2.33. The zero-order valence-corrected chi connectivity index (χ0v) is 17.0. The fourth-order valence-corrected chi connectivity index (χ4v) is 5.06. The van der Waals surface area contributed by atoms with Crippen molar-refractivity contribution in [2.75, 3.05) is 0 Å². The van der Waals surface area contributed by atoms with Gasteiger partial charge in [0.25, 0.3) is 0 Å². The van der Waals surface area contributed by atoms with Gasteiger partial charge in [-0.25, -0.2) is 5.01 Å². The molecule has 3 heterocycles. The van der Waals surface area contributed by atoms with E-state index in [1.807, 2.05) is 41.4 Å². The van der Waals surface area contributed by atoms with Crippen LogP contribution in [0.25, 0.3) is 0 Å². The number of benzene rings is 2. The average molecular weight is 436 g/mol. The summed E-state index contributed by atoms with van der Waals surface area (Å²) in [5, 5.41) is 10.7. The molecule has 0 saturated heterocycles. The van der Waals surface area contributed by atoms with E-state index in [2.05, 4.69) is 11.4 Å². The molecule has 0 N–H and O–H groups in total. The number of hydrogen-bond acceptors (Lipinski definition) is 4. The molecule has 136 valence electrons. The van der Waals surface area contributed by atoms with E-state index in [4.69, 9.17) is 44.6 Å². The van der Waals surface area contributed by atoms with Gasteiger partial charge >= 0.3 is 0 Å². The second kappa shape index (κ2) is 6.71. The highest BCUT2D eigenvalue weighted by molar-refractivity contribution is 7.12. The highest BCUT2D eigenvalue weighted by atomic mass is 35.5. The second-order valence-corrected chi connectivity index (χ2v) is 8.68. The molecule has 0 amide bonds. The SMILES string of the molecule is Clc1cccc([C@H]2Oc3c(Cl)cc(Cl)cc3[C@@H]3CC(c4cccs4)=NN23)c1. The number of fused-ring (bicyclic) bond motifs is 3. The van der Waals surface area contributed by atoms with Crippen LogP contribution >= 0.6 is 46.1 Å². The van der Waals surface area contributed by atoms with E-state index in [-0.39, 0.29) is 6.04 Å². The van der Waals surface area contributed by atoms with E-state index >= 15 is 0 Å². The van der Waals surface area contributed by atoms with Gasteiger partial charge in [-0.15, -0.1) is 11.3 Å². The van der Waals surface area contributed by atoms with Crippen LogP contribution in [0.3, 0.4) is 0 Å². The van der Waals surface area contributed by atoms with Gasteiger partial charge in [0.1, 0.15) is 5.75 Å². The standard InChI is InChI=1S/C20H13Cl3N2OS/c21-12-4-1-3-11(7-12)20-25-17(10-16(24-25)18-5-2-6-27-18)14-8-13(22)9-15(23)19(14)26-20/h1-9,17,20H,10H2/t17-,20+/m0/s1. The van der Waals surface area contributed by atoms with Crippen LogP contribution < -0.4 is 4.74 Å². The van der Waals surface area contributed by atoms with Crippen LogP contribution in [0.2, 0.25) is 15.1 Å². The van der Waals surface area contributed by atoms with Crippen LogP contribution in [-0.4, -0.2) is 10.7 Å². The van der Waals surface area contributed by atoms with E-state index in [0.29, 0.717) is 20.8 Å². The largest absolute Gasteiger partial charge is 0.463 e. The summed E-state index contributed by atoms with van der Waals surface area (Å²) in [7, 11) is 0. The van der Waals surface area contributed by atoms with Gasteiger partial charge in [0.05, 0.1) is 21.7 Å². The number of rotatable bonds is 2. The zero-order chi connectivity index (χ0) is 18.5. The molecular formula is C20H13Cl3N2OS. The first-order valence-electron chi connectivity index (χ1n) is 8.41. The van der Waals surface area contributed by atoms with Gasteiger partial charge < -0.3 is 4.74 Å². The minimum absolute atomic E-state index is 0.00558. The highest BCUT2D eigenvalue weighted by Crippen LogP contribution is 2.51. The Morgan fingerprint density at radius 1 is 1.04 bits per heavy atom. The first-order chi connectivity index (χ1) is 13.1. The van der Waals surface area contributed by atoms with Crippen molar-refractivity contribution in [3.8, 4) is 5.75 Å². The molecule has 5 rings (SSSR count). The van der Waals surface area contributed by atoms with Crippen LogP contribution in [-0.2, 0) is 0 Å². The second-order valence-electron chi connectivity index (χ2n) is 6.46. The number of hydrogen-bond donors (Lipinski definition) is 0. The molecule has 2 aliphatic rings. The summed E-state index contributed by atoms with van der Waals surface area (Å²) >= 11 is 20.6. The molecule has 3 aromatic rings. The zero-order valence-electron chi connectivity index (χ0n) is 13.9. The molecule has 3 nitrogen and oxygen atoms in total. The van der Waals surface area contributed by atoms with E-state index in [1.54, 1.807) is 17.4 Å². The molecule has 27 heavy (non-hydrogen) atoms. The molecule has 2 aliphatic heterocycles. The number of ether oxygens (including phenoxy) is 1.